The number of fused-ring (bicyclic) bond motifs is 8. The molecule has 124 valence electrons. The first kappa shape index (κ1) is 15.0. The lowest BCUT2D eigenvalue weighted by molar-refractivity contribution is -0.158. The van der Waals surface area contributed by atoms with E-state index in [1.54, 1.807) is 0 Å². The second-order valence-corrected chi connectivity index (χ2v) is 7.63. The van der Waals surface area contributed by atoms with Crippen molar-refractivity contribution in [2.45, 2.75) is 33.1 Å². The molecule has 6 atom stereocenters. The van der Waals surface area contributed by atoms with Gasteiger partial charge in [0.15, 0.2) is 0 Å². The molecule has 4 aliphatic rings. The minimum atomic E-state index is -0.402. The zero-order chi connectivity index (χ0) is 16.5. The van der Waals surface area contributed by atoms with Gasteiger partial charge in [-0.1, -0.05) is 22.3 Å². The molecule has 0 amide bonds. The van der Waals surface area contributed by atoms with Crippen molar-refractivity contribution in [2.24, 2.45) is 35.5 Å². The van der Waals surface area contributed by atoms with Crippen LogP contribution in [0.3, 0.4) is 0 Å². The summed E-state index contributed by atoms with van der Waals surface area (Å²) in [5.41, 5.74) is 5.52. The highest BCUT2D eigenvalue weighted by Crippen LogP contribution is 2.69. The first-order valence-corrected chi connectivity index (χ1v) is 8.58. The number of allylic oxidation sites excluding steroid dienone is 4. The van der Waals surface area contributed by atoms with E-state index in [4.69, 9.17) is 9.47 Å². The first-order chi connectivity index (χ1) is 11.0. The van der Waals surface area contributed by atoms with Crippen LogP contribution in [0.2, 0.25) is 0 Å². The van der Waals surface area contributed by atoms with Gasteiger partial charge < -0.3 is 9.47 Å². The lowest BCUT2D eigenvalue weighted by Crippen LogP contribution is -2.38. The van der Waals surface area contributed by atoms with Gasteiger partial charge in [-0.3, -0.25) is 9.59 Å². The molecule has 0 aliphatic heterocycles. The molecule has 4 heteroatoms. The topological polar surface area (TPSA) is 52.6 Å². The second-order valence-electron chi connectivity index (χ2n) is 7.63. The quantitative estimate of drug-likeness (QED) is 0.446. The normalized spacial score (nSPS) is 39.7. The summed E-state index contributed by atoms with van der Waals surface area (Å²) in [4.78, 5) is 25.0. The molecular weight excluding hydrogens is 292 g/mol. The zero-order valence-corrected chi connectivity index (χ0v) is 14.2. The summed E-state index contributed by atoms with van der Waals surface area (Å²) >= 11 is 0. The molecule has 4 bridgehead atoms. The minimum Gasteiger partial charge on any atom is -0.469 e. The molecule has 2 fully saturated rings. The van der Waals surface area contributed by atoms with Crippen LogP contribution < -0.4 is 0 Å². The van der Waals surface area contributed by atoms with Crippen molar-refractivity contribution in [3.63, 3.8) is 0 Å². The molecule has 0 aromatic carbocycles. The predicted molar refractivity (Wildman–Crippen MR) is 84.2 cm³/mol. The van der Waals surface area contributed by atoms with E-state index in [-0.39, 0.29) is 23.8 Å². The van der Waals surface area contributed by atoms with Crippen molar-refractivity contribution in [3.8, 4) is 0 Å². The molecule has 4 rings (SSSR count). The van der Waals surface area contributed by atoms with Crippen molar-refractivity contribution < 1.29 is 19.1 Å². The van der Waals surface area contributed by atoms with Gasteiger partial charge in [0.1, 0.15) is 0 Å². The Labute approximate surface area is 136 Å². The van der Waals surface area contributed by atoms with Gasteiger partial charge >= 0.3 is 11.9 Å². The maximum Gasteiger partial charge on any atom is 0.310 e. The predicted octanol–water partition coefficient (Wildman–Crippen LogP) is 2.89. The zero-order valence-electron chi connectivity index (χ0n) is 14.2. The summed E-state index contributed by atoms with van der Waals surface area (Å²) in [7, 11) is 2.84. The number of esters is 2. The summed E-state index contributed by atoms with van der Waals surface area (Å²) < 4.78 is 10.2. The molecular formula is C19H24O4. The summed E-state index contributed by atoms with van der Waals surface area (Å²) in [6.45, 7) is 4.21. The molecule has 0 N–H and O–H groups in total. The highest BCUT2D eigenvalue weighted by atomic mass is 16.5. The lowest BCUT2D eigenvalue weighted by Gasteiger charge is -2.32. The Morgan fingerprint density at radius 1 is 0.870 bits per heavy atom. The number of ether oxygens (including phenoxy) is 2. The molecule has 0 spiro atoms. The average Bonchev–Trinajstić information content (AvgIpc) is 3.27. The summed E-state index contributed by atoms with van der Waals surface area (Å²) in [5.74, 6) is 0.0525. The summed E-state index contributed by atoms with van der Waals surface area (Å²) in [5, 5.41) is 0. The van der Waals surface area contributed by atoms with Crippen LogP contribution >= 0.6 is 0 Å². The Morgan fingerprint density at radius 2 is 1.30 bits per heavy atom. The van der Waals surface area contributed by atoms with Crippen LogP contribution in [0.4, 0.5) is 0 Å². The molecule has 4 aliphatic carbocycles. The molecule has 23 heavy (non-hydrogen) atoms. The van der Waals surface area contributed by atoms with Crippen LogP contribution in [0, 0.1) is 35.5 Å². The third-order valence-electron chi connectivity index (χ3n) is 6.62. The summed E-state index contributed by atoms with van der Waals surface area (Å²) in [6, 6.07) is 0. The van der Waals surface area contributed by atoms with Crippen molar-refractivity contribution in [2.75, 3.05) is 14.2 Å². The number of rotatable bonds is 2. The van der Waals surface area contributed by atoms with Gasteiger partial charge in [0, 0.05) is 11.8 Å². The molecule has 6 unspecified atom stereocenters. The monoisotopic (exact) mass is 316 g/mol. The number of carbonyl (C=O) groups excluding carboxylic acids is 2. The fourth-order valence-electron chi connectivity index (χ4n) is 6.06. The molecule has 0 aromatic rings. The van der Waals surface area contributed by atoms with Gasteiger partial charge in [-0.15, -0.1) is 0 Å². The van der Waals surface area contributed by atoms with Gasteiger partial charge in [-0.05, 0) is 44.9 Å². The maximum atomic E-state index is 12.5. The number of methoxy groups -OCH3 is 2. The van der Waals surface area contributed by atoms with Crippen LogP contribution in [-0.4, -0.2) is 26.2 Å². The van der Waals surface area contributed by atoms with Gasteiger partial charge in [0.25, 0.3) is 0 Å². The molecule has 0 radical (unpaired) electrons. The third kappa shape index (κ3) is 1.72. The molecule has 0 saturated heterocycles. The van der Waals surface area contributed by atoms with Crippen molar-refractivity contribution in [1.29, 1.82) is 0 Å². The van der Waals surface area contributed by atoms with E-state index in [9.17, 15) is 9.59 Å². The van der Waals surface area contributed by atoms with E-state index in [1.807, 2.05) is 0 Å². The summed E-state index contributed by atoms with van der Waals surface area (Å²) in [6.07, 6.45) is 3.69. The molecule has 0 aromatic heterocycles. The van der Waals surface area contributed by atoms with Gasteiger partial charge in [0.2, 0.25) is 0 Å². The van der Waals surface area contributed by atoms with E-state index in [2.05, 4.69) is 13.8 Å². The first-order valence-electron chi connectivity index (χ1n) is 8.58. The van der Waals surface area contributed by atoms with Crippen molar-refractivity contribution in [3.05, 3.63) is 22.3 Å². The fourth-order valence-corrected chi connectivity index (χ4v) is 6.06. The second kappa shape index (κ2) is 4.96. The van der Waals surface area contributed by atoms with Crippen LogP contribution in [-0.2, 0) is 19.1 Å². The van der Waals surface area contributed by atoms with E-state index in [0.717, 1.165) is 0 Å². The average molecular weight is 316 g/mol. The van der Waals surface area contributed by atoms with E-state index >= 15 is 0 Å². The Kier molecular flexibility index (Phi) is 3.23. The largest absolute Gasteiger partial charge is 0.469 e. The van der Waals surface area contributed by atoms with E-state index in [1.165, 1.54) is 55.8 Å². The number of carbonyl (C=O) groups is 2. The lowest BCUT2D eigenvalue weighted by atomic mass is 9.71. The van der Waals surface area contributed by atoms with Crippen LogP contribution in [0.15, 0.2) is 22.3 Å². The van der Waals surface area contributed by atoms with Crippen molar-refractivity contribution in [1.82, 2.24) is 0 Å². The molecule has 4 nitrogen and oxygen atoms in total. The minimum absolute atomic E-state index is 0.0758. The smallest absolute Gasteiger partial charge is 0.310 e. The maximum absolute atomic E-state index is 12.5. The molecule has 2 saturated carbocycles. The van der Waals surface area contributed by atoms with Crippen LogP contribution in [0.1, 0.15) is 33.1 Å². The Bertz CT molecular complexity index is 604. The fraction of sp³-hybridized carbons (Fsp3) is 0.684. The Morgan fingerprint density at radius 3 is 1.65 bits per heavy atom. The number of hydrogen-bond donors (Lipinski definition) is 0. The van der Waals surface area contributed by atoms with Gasteiger partial charge in [-0.2, -0.15) is 0 Å². The van der Waals surface area contributed by atoms with Crippen LogP contribution in [0.25, 0.3) is 0 Å². The molecule has 0 heterocycles. The van der Waals surface area contributed by atoms with E-state index < -0.39 is 11.8 Å². The SMILES string of the molecule is COC(=O)C1C2C3=C(C4CCC3C4)C(C2=C(C)C)C1C(=O)OC. The van der Waals surface area contributed by atoms with Crippen LogP contribution in [0.5, 0.6) is 0 Å². The number of hydrogen-bond acceptors (Lipinski definition) is 4. The third-order valence-corrected chi connectivity index (χ3v) is 6.62. The highest BCUT2D eigenvalue weighted by molar-refractivity contribution is 5.87. The van der Waals surface area contributed by atoms with Crippen molar-refractivity contribution >= 4 is 11.9 Å². The Balaban J connectivity index is 1.90. The highest BCUT2D eigenvalue weighted by Gasteiger charge is 2.65. The van der Waals surface area contributed by atoms with Gasteiger partial charge in [0.05, 0.1) is 26.1 Å². The Hall–Kier alpha value is -1.58. The van der Waals surface area contributed by atoms with Gasteiger partial charge in [-0.25, -0.2) is 0 Å². The van der Waals surface area contributed by atoms with E-state index in [0.29, 0.717) is 11.8 Å². The standard InChI is InChI=1S/C19H24O4/c1-8(2)11-14-12-9-5-6-10(7-9)13(12)15(11)17(19(21)23-4)16(14)18(20)22-3/h9-10,14-17H,5-7H2,1-4H3.